The molecule has 11 nitrogen and oxygen atoms in total. The molecule has 0 radical (unpaired) electrons. The molecule has 0 aliphatic carbocycles. The number of rotatable bonds is 12. The van der Waals surface area contributed by atoms with Gasteiger partial charge in [-0.1, -0.05) is 51.1 Å². The molecule has 0 spiro atoms. The number of hydrogen-bond acceptors (Lipinski definition) is 7. The Bertz CT molecular complexity index is 1670. The second-order valence-corrected chi connectivity index (χ2v) is 13.4. The van der Waals surface area contributed by atoms with E-state index in [4.69, 9.17) is 4.74 Å². The predicted molar refractivity (Wildman–Crippen MR) is 179 cm³/mol. The van der Waals surface area contributed by atoms with Crippen LogP contribution in [0.25, 0.3) is 5.78 Å². The maximum atomic E-state index is 14.5. The van der Waals surface area contributed by atoms with Crippen LogP contribution >= 0.6 is 0 Å². The fourth-order valence-electron chi connectivity index (χ4n) is 5.96. The topological polar surface area (TPSA) is 126 Å². The fraction of sp³-hybridized carbons (Fsp3) is 0.417. The van der Waals surface area contributed by atoms with Gasteiger partial charge in [0, 0.05) is 43.5 Å². The van der Waals surface area contributed by atoms with Gasteiger partial charge in [0.25, 0.3) is 11.8 Å². The Labute approximate surface area is 280 Å². The van der Waals surface area contributed by atoms with Gasteiger partial charge in [0.05, 0.1) is 12.6 Å². The van der Waals surface area contributed by atoms with Gasteiger partial charge in [-0.3, -0.25) is 19.3 Å². The highest BCUT2D eigenvalue weighted by molar-refractivity contribution is 5.93. The second-order valence-electron chi connectivity index (χ2n) is 13.4. The molecular formula is C36H45FN7O4+. The zero-order valence-corrected chi connectivity index (χ0v) is 28.2. The molecule has 2 aromatic carbocycles. The Morgan fingerprint density at radius 2 is 1.83 bits per heavy atom. The number of quaternary nitrogens is 1. The molecule has 1 aliphatic rings. The van der Waals surface area contributed by atoms with Crippen molar-refractivity contribution in [3.8, 4) is 5.75 Å². The normalized spacial score (nSPS) is 17.7. The van der Waals surface area contributed by atoms with Gasteiger partial charge in [-0.15, -0.1) is 0 Å². The number of carbonyl (C=O) groups is 3. The molecule has 12 heteroatoms. The number of primary amides is 1. The minimum atomic E-state index is -0.702. The van der Waals surface area contributed by atoms with Crippen molar-refractivity contribution in [1.82, 2.24) is 29.5 Å². The van der Waals surface area contributed by atoms with E-state index in [1.807, 2.05) is 51.1 Å². The number of likely N-dealkylation sites (N-methyl/N-ethyl adjacent to an activating group) is 1. The quantitative estimate of drug-likeness (QED) is 0.240. The van der Waals surface area contributed by atoms with Gasteiger partial charge < -0.3 is 19.9 Å². The number of nitrogens with two attached hydrogens (primary N) is 1. The number of amides is 3. The summed E-state index contributed by atoms with van der Waals surface area (Å²) in [6.07, 6.45) is 5.65. The van der Waals surface area contributed by atoms with Crippen molar-refractivity contribution in [3.63, 3.8) is 0 Å². The molecule has 1 saturated heterocycles. The maximum absolute atomic E-state index is 14.5. The monoisotopic (exact) mass is 658 g/mol. The smallest absolute Gasteiger partial charge is 0.327 e. The number of carbonyl (C=O) groups excluding carboxylic acids is 3. The van der Waals surface area contributed by atoms with Crippen LogP contribution in [-0.2, 0) is 16.0 Å². The van der Waals surface area contributed by atoms with Crippen LogP contribution in [0.3, 0.4) is 0 Å². The van der Waals surface area contributed by atoms with Gasteiger partial charge in [-0.2, -0.15) is 0 Å². The van der Waals surface area contributed by atoms with E-state index in [9.17, 15) is 18.8 Å². The van der Waals surface area contributed by atoms with E-state index >= 15 is 0 Å². The van der Waals surface area contributed by atoms with Crippen molar-refractivity contribution in [2.75, 3.05) is 26.7 Å². The second kappa shape index (κ2) is 15.0. The molecule has 0 unspecified atom stereocenters. The number of halogens is 1. The number of aromatic nitrogens is 3. The molecule has 254 valence electrons. The van der Waals surface area contributed by atoms with Gasteiger partial charge in [0.15, 0.2) is 6.04 Å². The first kappa shape index (κ1) is 34.6. The standard InChI is InChI=1S/C36H44FN7O4/c1-24(38-5)32(45)41-31(36(2,3)4)34(47)44-22-29(48-28-10-7-6-8-11-28)20-27(44)21-42(19-16-25-12-14-26(37)15-13-25)33(46)30-23-43-18-9-17-39-35(43)40-30/h6-15,17-18,23-24,27,29,31,38H,16,19-22H2,1-5H3,(H,41,45)/p+1/t24-,27-,29-,31+/m0/s1. The van der Waals surface area contributed by atoms with E-state index in [0.29, 0.717) is 37.5 Å². The zero-order valence-electron chi connectivity index (χ0n) is 28.2. The molecule has 0 bridgehead atoms. The third-order valence-corrected chi connectivity index (χ3v) is 8.85. The van der Waals surface area contributed by atoms with Crippen molar-refractivity contribution in [2.24, 2.45) is 5.41 Å². The Balaban J connectivity index is 1.46. The molecular weight excluding hydrogens is 613 g/mol. The molecule has 4 atom stereocenters. The van der Waals surface area contributed by atoms with Crippen LogP contribution < -0.4 is 15.4 Å². The van der Waals surface area contributed by atoms with E-state index < -0.39 is 23.5 Å². The molecule has 1 fully saturated rings. The lowest BCUT2D eigenvalue weighted by Gasteiger charge is -2.35. The fourth-order valence-corrected chi connectivity index (χ4v) is 5.96. The zero-order chi connectivity index (χ0) is 34.4. The Hall–Kier alpha value is -4.68. The van der Waals surface area contributed by atoms with Crippen molar-refractivity contribution >= 4 is 23.5 Å². The number of hydrogen-bond donors (Lipinski definition) is 2. The van der Waals surface area contributed by atoms with Crippen LogP contribution in [0.1, 0.15) is 50.2 Å². The van der Waals surface area contributed by atoms with Crippen molar-refractivity contribution in [1.29, 1.82) is 0 Å². The first-order valence-corrected chi connectivity index (χ1v) is 16.3. The summed E-state index contributed by atoms with van der Waals surface area (Å²) in [5.74, 6) is 0.105. The van der Waals surface area contributed by atoms with Crippen LogP contribution in [-0.4, -0.2) is 92.8 Å². The van der Waals surface area contributed by atoms with E-state index in [0.717, 1.165) is 5.56 Å². The molecule has 3 amide bonds. The average Bonchev–Trinajstić information content (AvgIpc) is 3.69. The number of likely N-dealkylation sites (tertiary alicyclic amines) is 1. The van der Waals surface area contributed by atoms with E-state index in [1.54, 1.807) is 65.0 Å². The highest BCUT2D eigenvalue weighted by atomic mass is 19.1. The molecule has 0 saturated carbocycles. The van der Waals surface area contributed by atoms with Crippen LogP contribution in [0, 0.1) is 11.2 Å². The van der Waals surface area contributed by atoms with E-state index in [-0.39, 0.29) is 41.9 Å². The number of nitrogens with one attached hydrogen (secondary N) is 1. The molecule has 48 heavy (non-hydrogen) atoms. The Morgan fingerprint density at radius 1 is 1.10 bits per heavy atom. The summed E-state index contributed by atoms with van der Waals surface area (Å²) < 4.78 is 21.7. The number of imidazole rings is 1. The summed E-state index contributed by atoms with van der Waals surface area (Å²) in [6, 6.07) is 15.9. The summed E-state index contributed by atoms with van der Waals surface area (Å²) >= 11 is 0. The van der Waals surface area contributed by atoms with Crippen LogP contribution in [0.15, 0.2) is 79.3 Å². The lowest BCUT2D eigenvalue weighted by atomic mass is 9.85. The van der Waals surface area contributed by atoms with E-state index in [2.05, 4.69) is 15.3 Å². The molecule has 3 heterocycles. The molecule has 2 aromatic heterocycles. The number of benzene rings is 2. The van der Waals surface area contributed by atoms with E-state index in [1.165, 1.54) is 17.4 Å². The first-order valence-electron chi connectivity index (χ1n) is 16.3. The van der Waals surface area contributed by atoms with Gasteiger partial charge >= 0.3 is 5.91 Å². The summed E-state index contributed by atoms with van der Waals surface area (Å²) in [7, 11) is 1.71. The maximum Gasteiger partial charge on any atom is 0.327 e. The number of ether oxygens (including phenoxy) is 1. The number of fused-ring (bicyclic) bond motifs is 1. The SMILES string of the molecule is CN[C@@H](C)C(=O)[NH2+][C@H](C(=O)N1C[C@@H](Oc2ccccc2)C[C@H]1CN(CCc1ccc(F)cc1)C(=O)c1cn2cccnc2n1)C(C)(C)C. The summed E-state index contributed by atoms with van der Waals surface area (Å²) in [5.41, 5.74) is 0.550. The van der Waals surface area contributed by atoms with Gasteiger partial charge in [0.1, 0.15) is 29.4 Å². The largest absolute Gasteiger partial charge is 0.489 e. The van der Waals surface area contributed by atoms with Crippen LogP contribution in [0.5, 0.6) is 5.75 Å². The first-order chi connectivity index (χ1) is 22.9. The van der Waals surface area contributed by atoms with Gasteiger partial charge in [0.2, 0.25) is 5.78 Å². The van der Waals surface area contributed by atoms with Crippen molar-refractivity contribution in [3.05, 3.63) is 96.3 Å². The van der Waals surface area contributed by atoms with Crippen molar-refractivity contribution < 1.29 is 28.8 Å². The lowest BCUT2D eigenvalue weighted by Crippen LogP contribution is -3.00. The minimum Gasteiger partial charge on any atom is -0.489 e. The van der Waals surface area contributed by atoms with Gasteiger partial charge in [-0.25, -0.2) is 19.2 Å². The Morgan fingerprint density at radius 3 is 2.50 bits per heavy atom. The highest BCUT2D eigenvalue weighted by Crippen LogP contribution is 2.28. The van der Waals surface area contributed by atoms with Gasteiger partial charge in [-0.05, 0) is 56.3 Å². The van der Waals surface area contributed by atoms with Crippen LogP contribution in [0.2, 0.25) is 0 Å². The van der Waals surface area contributed by atoms with Crippen molar-refractivity contribution in [2.45, 2.75) is 64.8 Å². The summed E-state index contributed by atoms with van der Waals surface area (Å²) in [6.45, 7) is 8.42. The minimum absolute atomic E-state index is 0.157. The van der Waals surface area contributed by atoms with Crippen LogP contribution in [0.4, 0.5) is 4.39 Å². The number of nitrogens with zero attached hydrogens (tertiary/aromatic N) is 5. The molecule has 5 rings (SSSR count). The molecule has 3 N–H and O–H groups in total. The third kappa shape index (κ3) is 8.42. The molecule has 4 aromatic rings. The average molecular weight is 659 g/mol. The summed E-state index contributed by atoms with van der Waals surface area (Å²) in [5, 5.41) is 4.50. The number of para-hydroxylation sites is 1. The summed E-state index contributed by atoms with van der Waals surface area (Å²) in [4.78, 5) is 53.9. The lowest BCUT2D eigenvalue weighted by molar-refractivity contribution is -0.608. The Kier molecular flexibility index (Phi) is 10.9. The third-order valence-electron chi connectivity index (χ3n) is 8.85. The highest BCUT2D eigenvalue weighted by Gasteiger charge is 2.46. The molecule has 1 aliphatic heterocycles. The predicted octanol–water partition coefficient (Wildman–Crippen LogP) is 2.71.